The topological polar surface area (TPSA) is 66.9 Å². The Bertz CT molecular complexity index is 819. The van der Waals surface area contributed by atoms with E-state index < -0.39 is 0 Å². The number of amides is 1. The molecule has 0 spiro atoms. The highest BCUT2D eigenvalue weighted by Crippen LogP contribution is 2.33. The number of benzene rings is 1. The smallest absolute Gasteiger partial charge is 0.254 e. The summed E-state index contributed by atoms with van der Waals surface area (Å²) >= 11 is 0. The van der Waals surface area contributed by atoms with E-state index in [4.69, 9.17) is 9.47 Å². The minimum absolute atomic E-state index is 0.0541. The fourth-order valence-corrected chi connectivity index (χ4v) is 3.35. The van der Waals surface area contributed by atoms with Gasteiger partial charge in [0.25, 0.3) is 5.91 Å². The molecule has 27 heavy (non-hydrogen) atoms. The zero-order valence-corrected chi connectivity index (χ0v) is 15.5. The van der Waals surface area contributed by atoms with E-state index in [0.717, 1.165) is 44.2 Å². The molecule has 0 atom stereocenters. The van der Waals surface area contributed by atoms with Crippen molar-refractivity contribution in [3.05, 3.63) is 42.1 Å². The highest BCUT2D eigenvalue weighted by Gasteiger charge is 2.21. The average molecular weight is 368 g/mol. The maximum absolute atomic E-state index is 12.8. The number of anilines is 2. The van der Waals surface area contributed by atoms with Gasteiger partial charge in [-0.25, -0.2) is 4.98 Å². The number of carbonyl (C=O) groups excluding carboxylic acids is 1. The first kappa shape index (κ1) is 17.6. The van der Waals surface area contributed by atoms with E-state index in [-0.39, 0.29) is 5.91 Å². The predicted octanol–water partition coefficient (Wildman–Crippen LogP) is 2.37. The van der Waals surface area contributed by atoms with Gasteiger partial charge < -0.3 is 24.6 Å². The summed E-state index contributed by atoms with van der Waals surface area (Å²) in [5, 5.41) is 3.24. The first-order chi connectivity index (χ1) is 13.2. The van der Waals surface area contributed by atoms with E-state index in [1.165, 1.54) is 0 Å². The largest absolute Gasteiger partial charge is 0.486 e. The highest BCUT2D eigenvalue weighted by molar-refractivity contribution is 5.95. The van der Waals surface area contributed by atoms with Gasteiger partial charge in [-0.05, 0) is 30.8 Å². The lowest BCUT2D eigenvalue weighted by Crippen LogP contribution is -2.48. The third-order valence-corrected chi connectivity index (χ3v) is 4.93. The summed E-state index contributed by atoms with van der Waals surface area (Å²) in [5.74, 6) is 2.14. The molecule has 1 amide bonds. The number of piperazine rings is 1. The van der Waals surface area contributed by atoms with E-state index in [1.54, 1.807) is 18.3 Å². The van der Waals surface area contributed by atoms with Crippen LogP contribution >= 0.6 is 0 Å². The molecule has 1 aromatic heterocycles. The molecular weight excluding hydrogens is 344 g/mol. The molecule has 0 bridgehead atoms. The Morgan fingerprint density at radius 1 is 1.07 bits per heavy atom. The second-order valence-electron chi connectivity index (χ2n) is 6.64. The van der Waals surface area contributed by atoms with Gasteiger partial charge in [0.15, 0.2) is 11.5 Å². The number of hydrogen-bond acceptors (Lipinski definition) is 6. The van der Waals surface area contributed by atoms with Crippen LogP contribution in [0.15, 0.2) is 36.5 Å². The molecule has 7 nitrogen and oxygen atoms in total. The Kier molecular flexibility index (Phi) is 5.11. The zero-order valence-electron chi connectivity index (χ0n) is 15.5. The second-order valence-corrected chi connectivity index (χ2v) is 6.64. The molecule has 1 fully saturated rings. The number of pyridine rings is 1. The Labute approximate surface area is 158 Å². The van der Waals surface area contributed by atoms with Crippen molar-refractivity contribution in [3.8, 4) is 11.5 Å². The number of hydrogen-bond donors (Lipinski definition) is 1. The third-order valence-electron chi connectivity index (χ3n) is 4.93. The SMILES string of the molecule is CCN1CCN(C(=O)c2ccnc(Nc3ccc4c(c3)OCCO4)c2)CC1. The molecule has 4 rings (SSSR count). The number of nitrogens with one attached hydrogen (secondary N) is 1. The average Bonchev–Trinajstić information content (AvgIpc) is 2.73. The Morgan fingerprint density at radius 3 is 2.63 bits per heavy atom. The van der Waals surface area contributed by atoms with Crippen molar-refractivity contribution in [2.75, 3.05) is 51.3 Å². The summed E-state index contributed by atoms with van der Waals surface area (Å²) in [4.78, 5) is 21.4. The van der Waals surface area contributed by atoms with E-state index in [0.29, 0.717) is 30.3 Å². The summed E-state index contributed by atoms with van der Waals surface area (Å²) in [5.41, 5.74) is 1.49. The quantitative estimate of drug-likeness (QED) is 0.894. The van der Waals surface area contributed by atoms with Gasteiger partial charge in [0.2, 0.25) is 0 Å². The number of carbonyl (C=O) groups is 1. The number of rotatable bonds is 4. The molecule has 142 valence electrons. The Hall–Kier alpha value is -2.80. The van der Waals surface area contributed by atoms with Gasteiger partial charge in [-0.2, -0.15) is 0 Å². The van der Waals surface area contributed by atoms with Crippen molar-refractivity contribution >= 4 is 17.4 Å². The first-order valence-corrected chi connectivity index (χ1v) is 9.37. The van der Waals surface area contributed by atoms with Crippen LogP contribution < -0.4 is 14.8 Å². The van der Waals surface area contributed by atoms with Crippen molar-refractivity contribution in [2.45, 2.75) is 6.92 Å². The molecule has 1 N–H and O–H groups in total. The number of likely N-dealkylation sites (N-methyl/N-ethyl adjacent to an activating group) is 1. The number of fused-ring (bicyclic) bond motifs is 1. The maximum Gasteiger partial charge on any atom is 0.254 e. The van der Waals surface area contributed by atoms with E-state index in [2.05, 4.69) is 22.1 Å². The third kappa shape index (κ3) is 3.98. The molecule has 2 aliphatic heterocycles. The highest BCUT2D eigenvalue weighted by atomic mass is 16.6. The van der Waals surface area contributed by atoms with Gasteiger partial charge in [0.05, 0.1) is 0 Å². The minimum Gasteiger partial charge on any atom is -0.486 e. The van der Waals surface area contributed by atoms with Crippen LogP contribution in [0.2, 0.25) is 0 Å². The summed E-state index contributed by atoms with van der Waals surface area (Å²) in [7, 11) is 0. The van der Waals surface area contributed by atoms with Crippen LogP contribution in [0.4, 0.5) is 11.5 Å². The lowest BCUT2D eigenvalue weighted by Gasteiger charge is -2.34. The molecule has 0 aliphatic carbocycles. The fourth-order valence-electron chi connectivity index (χ4n) is 3.35. The molecule has 1 aromatic carbocycles. The molecule has 0 saturated carbocycles. The van der Waals surface area contributed by atoms with Gasteiger partial charge in [0.1, 0.15) is 19.0 Å². The lowest BCUT2D eigenvalue weighted by molar-refractivity contribution is 0.0643. The van der Waals surface area contributed by atoms with Crippen LogP contribution in [-0.2, 0) is 0 Å². The van der Waals surface area contributed by atoms with Crippen LogP contribution in [0, 0.1) is 0 Å². The second kappa shape index (κ2) is 7.84. The van der Waals surface area contributed by atoms with Gasteiger partial charge in [-0.1, -0.05) is 6.92 Å². The van der Waals surface area contributed by atoms with Gasteiger partial charge in [0, 0.05) is 49.7 Å². The number of nitrogens with zero attached hydrogens (tertiary/aromatic N) is 3. The van der Waals surface area contributed by atoms with Crippen LogP contribution in [0.25, 0.3) is 0 Å². The van der Waals surface area contributed by atoms with Crippen molar-refractivity contribution in [2.24, 2.45) is 0 Å². The first-order valence-electron chi connectivity index (χ1n) is 9.37. The maximum atomic E-state index is 12.8. The fraction of sp³-hybridized carbons (Fsp3) is 0.400. The Morgan fingerprint density at radius 2 is 1.85 bits per heavy atom. The summed E-state index contributed by atoms with van der Waals surface area (Å²) in [6, 6.07) is 9.23. The van der Waals surface area contributed by atoms with E-state index >= 15 is 0 Å². The monoisotopic (exact) mass is 368 g/mol. The van der Waals surface area contributed by atoms with Gasteiger partial charge in [-0.15, -0.1) is 0 Å². The summed E-state index contributed by atoms with van der Waals surface area (Å²) in [6.07, 6.45) is 1.66. The number of ether oxygens (including phenoxy) is 2. The minimum atomic E-state index is 0.0541. The predicted molar refractivity (Wildman–Crippen MR) is 103 cm³/mol. The van der Waals surface area contributed by atoms with Crippen LogP contribution in [0.1, 0.15) is 17.3 Å². The molecular formula is C20H24N4O3. The van der Waals surface area contributed by atoms with Crippen LogP contribution in [0.3, 0.4) is 0 Å². The molecule has 1 saturated heterocycles. The van der Waals surface area contributed by atoms with Crippen molar-refractivity contribution in [1.82, 2.24) is 14.8 Å². The van der Waals surface area contributed by atoms with Crippen LogP contribution in [-0.4, -0.2) is 66.6 Å². The molecule has 2 aromatic rings. The van der Waals surface area contributed by atoms with Crippen LogP contribution in [0.5, 0.6) is 11.5 Å². The molecule has 0 radical (unpaired) electrons. The normalized spacial score (nSPS) is 16.9. The zero-order chi connectivity index (χ0) is 18.6. The van der Waals surface area contributed by atoms with E-state index in [1.807, 2.05) is 23.1 Å². The molecule has 3 heterocycles. The van der Waals surface area contributed by atoms with Crippen molar-refractivity contribution in [1.29, 1.82) is 0 Å². The molecule has 7 heteroatoms. The molecule has 0 unspecified atom stereocenters. The summed E-state index contributed by atoms with van der Waals surface area (Å²) < 4.78 is 11.2. The van der Waals surface area contributed by atoms with E-state index in [9.17, 15) is 4.79 Å². The molecule has 2 aliphatic rings. The number of aromatic nitrogens is 1. The van der Waals surface area contributed by atoms with Gasteiger partial charge >= 0.3 is 0 Å². The van der Waals surface area contributed by atoms with Gasteiger partial charge in [-0.3, -0.25) is 4.79 Å². The Balaban J connectivity index is 1.45. The van der Waals surface area contributed by atoms with Crippen molar-refractivity contribution in [3.63, 3.8) is 0 Å². The standard InChI is InChI=1S/C20H24N4O3/c1-2-23-7-9-24(10-8-23)20(25)15-5-6-21-19(13-15)22-16-3-4-17-18(14-16)27-12-11-26-17/h3-6,13-14H,2,7-12H2,1H3,(H,21,22). The lowest BCUT2D eigenvalue weighted by atomic mass is 10.2. The van der Waals surface area contributed by atoms with Crippen molar-refractivity contribution < 1.29 is 14.3 Å². The summed E-state index contributed by atoms with van der Waals surface area (Å²) in [6.45, 7) is 7.67.